The molecule has 0 saturated heterocycles. The first kappa shape index (κ1) is 15.3. The second kappa shape index (κ2) is 5.05. The Morgan fingerprint density at radius 3 is 2.35 bits per heavy atom. The molecule has 0 N–H and O–H groups in total. The molecule has 0 heterocycles. The molecule has 2 saturated carbocycles. The molecule has 2 aliphatic rings. The number of fused-ring (bicyclic) bond motifs is 2. The zero-order valence-corrected chi connectivity index (χ0v) is 13.4. The van der Waals surface area contributed by atoms with Crippen molar-refractivity contribution in [1.29, 1.82) is 0 Å². The maximum Gasteiger partial charge on any atom is 0.306 e. The van der Waals surface area contributed by atoms with Gasteiger partial charge in [0.1, 0.15) is 6.10 Å². The summed E-state index contributed by atoms with van der Waals surface area (Å²) in [5, 5.41) is 0. The summed E-state index contributed by atoms with van der Waals surface area (Å²) in [4.78, 5) is 25.1. The van der Waals surface area contributed by atoms with Crippen LogP contribution in [0.4, 0.5) is 0 Å². The average molecular weight is 281 g/mol. The fourth-order valence-electron chi connectivity index (χ4n) is 4.17. The van der Waals surface area contributed by atoms with Gasteiger partial charge in [0.2, 0.25) is 5.91 Å². The van der Waals surface area contributed by atoms with Gasteiger partial charge in [-0.25, -0.2) is 0 Å². The van der Waals surface area contributed by atoms with Gasteiger partial charge in [0.15, 0.2) is 0 Å². The molecule has 2 fully saturated rings. The lowest BCUT2D eigenvalue weighted by molar-refractivity contribution is -0.165. The first-order valence-electron chi connectivity index (χ1n) is 7.56. The van der Waals surface area contributed by atoms with E-state index in [-0.39, 0.29) is 41.7 Å². The number of nitrogens with zero attached hydrogens (tertiary/aromatic N) is 1. The molecule has 0 spiro atoms. The molecule has 0 radical (unpaired) electrons. The highest BCUT2D eigenvalue weighted by Gasteiger charge is 2.61. The number of rotatable bonds is 4. The Kier molecular flexibility index (Phi) is 3.87. The van der Waals surface area contributed by atoms with Crippen LogP contribution in [0.1, 0.15) is 52.9 Å². The molecule has 0 unspecified atom stereocenters. The van der Waals surface area contributed by atoms with Crippen molar-refractivity contribution in [2.75, 3.05) is 14.1 Å². The van der Waals surface area contributed by atoms with Crippen LogP contribution in [-0.4, -0.2) is 37.0 Å². The Morgan fingerprint density at radius 1 is 1.20 bits per heavy atom. The van der Waals surface area contributed by atoms with Crippen LogP contribution in [0.2, 0.25) is 0 Å². The van der Waals surface area contributed by atoms with Crippen LogP contribution < -0.4 is 0 Å². The summed E-state index contributed by atoms with van der Waals surface area (Å²) in [5.41, 5.74) is 0.198. The van der Waals surface area contributed by atoms with Gasteiger partial charge < -0.3 is 9.64 Å². The zero-order chi connectivity index (χ0) is 15.1. The predicted molar refractivity (Wildman–Crippen MR) is 77.0 cm³/mol. The Balaban J connectivity index is 1.93. The number of carbonyl (C=O) groups excluding carboxylic acids is 2. The van der Waals surface area contributed by atoms with Crippen LogP contribution in [0.15, 0.2) is 0 Å². The van der Waals surface area contributed by atoms with Crippen molar-refractivity contribution in [2.45, 2.75) is 59.0 Å². The lowest BCUT2D eigenvalue weighted by Crippen LogP contribution is -2.43. The van der Waals surface area contributed by atoms with Crippen LogP contribution >= 0.6 is 0 Å². The molecule has 2 rings (SSSR count). The van der Waals surface area contributed by atoms with Crippen molar-refractivity contribution in [3.63, 3.8) is 0 Å². The maximum absolute atomic E-state index is 12.0. The third kappa shape index (κ3) is 2.57. The van der Waals surface area contributed by atoms with Gasteiger partial charge in [-0.15, -0.1) is 0 Å². The van der Waals surface area contributed by atoms with Gasteiger partial charge in [-0.05, 0) is 25.2 Å². The third-order valence-corrected chi connectivity index (χ3v) is 5.43. The van der Waals surface area contributed by atoms with E-state index in [1.54, 1.807) is 14.1 Å². The summed E-state index contributed by atoms with van der Waals surface area (Å²) in [7, 11) is 3.40. The second-order valence-electron chi connectivity index (χ2n) is 7.57. The molecule has 0 aromatic rings. The van der Waals surface area contributed by atoms with Gasteiger partial charge in [-0.1, -0.05) is 20.8 Å². The third-order valence-electron chi connectivity index (χ3n) is 5.43. The molecule has 114 valence electrons. The van der Waals surface area contributed by atoms with Crippen LogP contribution in [0, 0.1) is 16.7 Å². The van der Waals surface area contributed by atoms with Crippen molar-refractivity contribution < 1.29 is 14.3 Å². The average Bonchev–Trinajstić information content (AvgIpc) is 2.82. The zero-order valence-electron chi connectivity index (χ0n) is 13.4. The second-order valence-corrected chi connectivity index (χ2v) is 7.57. The van der Waals surface area contributed by atoms with Gasteiger partial charge in [-0.3, -0.25) is 9.59 Å². The summed E-state index contributed by atoms with van der Waals surface area (Å²) in [6, 6.07) is 0. The minimum Gasteiger partial charge on any atom is -0.461 e. The fourth-order valence-corrected chi connectivity index (χ4v) is 4.17. The maximum atomic E-state index is 12.0. The largest absolute Gasteiger partial charge is 0.461 e. The van der Waals surface area contributed by atoms with Gasteiger partial charge in [0, 0.05) is 31.3 Å². The molecule has 2 aliphatic carbocycles. The van der Waals surface area contributed by atoms with E-state index < -0.39 is 0 Å². The van der Waals surface area contributed by atoms with Crippen LogP contribution in [-0.2, 0) is 14.3 Å². The quantitative estimate of drug-likeness (QED) is 0.744. The standard InChI is InChI=1S/C16H27NO3/c1-15(2)11-8-9-16(3,10-11)14(15)20-13(19)7-6-12(18)17(4)5/h11,14H,6-10H2,1-5H3/t11-,14-,16+/m0/s1. The summed E-state index contributed by atoms with van der Waals surface area (Å²) in [5.74, 6) is 0.404. The molecule has 0 aromatic carbocycles. The van der Waals surface area contributed by atoms with Crippen LogP contribution in [0.3, 0.4) is 0 Å². The monoisotopic (exact) mass is 281 g/mol. The van der Waals surface area contributed by atoms with Crippen molar-refractivity contribution in [1.82, 2.24) is 4.90 Å². The molecule has 1 amide bonds. The molecule has 2 bridgehead atoms. The van der Waals surface area contributed by atoms with Crippen molar-refractivity contribution in [3.8, 4) is 0 Å². The number of hydrogen-bond acceptors (Lipinski definition) is 3. The van der Waals surface area contributed by atoms with E-state index in [1.165, 1.54) is 11.3 Å². The molecule has 4 heteroatoms. The Labute approximate surface area is 121 Å². The first-order chi connectivity index (χ1) is 9.17. The van der Waals surface area contributed by atoms with Crippen LogP contribution in [0.25, 0.3) is 0 Å². The number of ether oxygens (including phenoxy) is 1. The molecule has 4 nitrogen and oxygen atoms in total. The lowest BCUT2D eigenvalue weighted by Gasteiger charge is -2.41. The molecular formula is C16H27NO3. The van der Waals surface area contributed by atoms with Gasteiger partial charge >= 0.3 is 5.97 Å². The van der Waals surface area contributed by atoms with E-state index in [0.717, 1.165) is 12.8 Å². The highest BCUT2D eigenvalue weighted by Crippen LogP contribution is 2.63. The van der Waals surface area contributed by atoms with Gasteiger partial charge in [0.25, 0.3) is 0 Å². The highest BCUT2D eigenvalue weighted by molar-refractivity contribution is 5.81. The molecule has 20 heavy (non-hydrogen) atoms. The van der Waals surface area contributed by atoms with E-state index in [4.69, 9.17) is 4.74 Å². The Hall–Kier alpha value is -1.06. The number of esters is 1. The van der Waals surface area contributed by atoms with Crippen molar-refractivity contribution in [2.24, 2.45) is 16.7 Å². The summed E-state index contributed by atoms with van der Waals surface area (Å²) in [6.45, 7) is 6.67. The topological polar surface area (TPSA) is 46.6 Å². The van der Waals surface area contributed by atoms with E-state index in [1.807, 2.05) is 0 Å². The molecule has 3 atom stereocenters. The molecular weight excluding hydrogens is 254 g/mol. The highest BCUT2D eigenvalue weighted by atomic mass is 16.5. The minimum absolute atomic E-state index is 0.00397. The lowest BCUT2D eigenvalue weighted by atomic mass is 9.70. The Morgan fingerprint density at radius 2 is 1.85 bits per heavy atom. The van der Waals surface area contributed by atoms with Crippen molar-refractivity contribution >= 4 is 11.9 Å². The first-order valence-corrected chi connectivity index (χ1v) is 7.56. The summed E-state index contributed by atoms with van der Waals surface area (Å²) in [6.07, 6.45) is 3.97. The summed E-state index contributed by atoms with van der Waals surface area (Å²) < 4.78 is 5.78. The van der Waals surface area contributed by atoms with E-state index in [2.05, 4.69) is 20.8 Å². The SMILES string of the molecule is CN(C)C(=O)CCC(=O)O[C@H]1C(C)(C)[C@H]2CC[C@]1(C)C2. The number of hydrogen-bond donors (Lipinski definition) is 0. The number of carbonyl (C=O) groups is 2. The van der Waals surface area contributed by atoms with E-state index in [0.29, 0.717) is 5.92 Å². The summed E-state index contributed by atoms with van der Waals surface area (Å²) >= 11 is 0. The normalized spacial score (nSPS) is 34.0. The molecule has 0 aliphatic heterocycles. The predicted octanol–water partition coefficient (Wildman–Crippen LogP) is 2.61. The smallest absolute Gasteiger partial charge is 0.306 e. The van der Waals surface area contributed by atoms with E-state index in [9.17, 15) is 9.59 Å². The van der Waals surface area contributed by atoms with Gasteiger partial charge in [0.05, 0.1) is 6.42 Å². The Bertz CT molecular complexity index is 411. The minimum atomic E-state index is -0.230. The fraction of sp³-hybridized carbons (Fsp3) is 0.875. The molecule has 0 aromatic heterocycles. The van der Waals surface area contributed by atoms with Crippen LogP contribution in [0.5, 0.6) is 0 Å². The number of amides is 1. The van der Waals surface area contributed by atoms with Gasteiger partial charge in [-0.2, -0.15) is 0 Å². The van der Waals surface area contributed by atoms with Crippen molar-refractivity contribution in [3.05, 3.63) is 0 Å². The van der Waals surface area contributed by atoms with E-state index >= 15 is 0 Å².